The van der Waals surface area contributed by atoms with Crippen LogP contribution in [0.25, 0.3) is 0 Å². The molecule has 0 bridgehead atoms. The summed E-state index contributed by atoms with van der Waals surface area (Å²) in [5, 5.41) is 35.1. The van der Waals surface area contributed by atoms with Crippen LogP contribution in [0.3, 0.4) is 0 Å². The maximum absolute atomic E-state index is 11.6. The first-order valence-electron chi connectivity index (χ1n) is 46.7. The van der Waals surface area contributed by atoms with Gasteiger partial charge >= 0.3 is 53.7 Å². The first-order chi connectivity index (χ1) is 67.1. The van der Waals surface area contributed by atoms with Crippen LogP contribution in [-0.2, 0) is 145 Å². The van der Waals surface area contributed by atoms with E-state index in [0.29, 0.717) is 197 Å². The number of nitrogens with two attached hydrogens (primary N) is 1. The van der Waals surface area contributed by atoms with Crippen LogP contribution < -0.4 is 5.73 Å². The topological polar surface area (TPSA) is 441 Å². The van der Waals surface area contributed by atoms with Crippen LogP contribution in [0.2, 0.25) is 0 Å². The highest BCUT2D eigenvalue weighted by molar-refractivity contribution is 6.61. The van der Waals surface area contributed by atoms with E-state index in [1.807, 2.05) is 209 Å². The monoisotopic (exact) mass is 2040 g/mol. The number of ether oxygens (including phenoxy) is 6. The Morgan fingerprint density at radius 2 is 0.577 bits per heavy atom. The number of nitro benzene ring substituents is 1. The van der Waals surface area contributed by atoms with Crippen LogP contribution in [-0.4, -0.2) is 117 Å². The number of benzene rings is 7. The zero-order valence-electron chi connectivity index (χ0n) is 80.2. The van der Waals surface area contributed by atoms with E-state index in [1.54, 1.807) is 24.3 Å². The summed E-state index contributed by atoms with van der Waals surface area (Å²) in [6, 6.07) is 62.4. The van der Waals surface area contributed by atoms with Crippen LogP contribution in [0.15, 0.2) is 238 Å². The van der Waals surface area contributed by atoms with Crippen LogP contribution in [0.1, 0.15) is 247 Å². The Labute approximate surface area is 851 Å². The molecule has 32 heteroatoms. The first-order valence-corrected chi connectivity index (χ1v) is 48.2. The number of alkyl halides is 4. The molecule has 768 valence electrons. The molecule has 6 fully saturated rings. The van der Waals surface area contributed by atoms with Gasteiger partial charge in [0.15, 0.2) is 20.2 Å². The Morgan fingerprint density at radius 3 is 0.768 bits per heavy atom. The number of esters is 6. The third-order valence-electron chi connectivity index (χ3n) is 22.4. The van der Waals surface area contributed by atoms with Crippen molar-refractivity contribution in [1.82, 2.24) is 0 Å². The smallest absolute Gasteiger partial charge is 0.306 e. The fourth-order valence-electron chi connectivity index (χ4n) is 13.5. The van der Waals surface area contributed by atoms with Crippen LogP contribution >= 0.6 is 46.4 Å². The van der Waals surface area contributed by atoms with E-state index >= 15 is 0 Å². The second kappa shape index (κ2) is 68.5. The average Bonchev–Trinajstić information content (AvgIpc) is 0.779. The summed E-state index contributed by atoms with van der Waals surface area (Å²) in [4.78, 5) is 173. The van der Waals surface area contributed by atoms with E-state index in [4.69, 9.17) is 95.9 Å². The summed E-state index contributed by atoms with van der Waals surface area (Å²) in [6.07, 6.45) is 19.2. The van der Waals surface area contributed by atoms with Crippen molar-refractivity contribution in [2.45, 2.75) is 262 Å². The van der Waals surface area contributed by atoms with E-state index < -0.39 is 31.5 Å². The molecule has 0 spiro atoms. The summed E-state index contributed by atoms with van der Waals surface area (Å²) in [5.41, 5.74) is 12.4. The number of carboxylic acids is 3. The van der Waals surface area contributed by atoms with E-state index in [-0.39, 0.29) is 140 Å². The molecule has 0 aromatic heterocycles. The number of nitro groups is 1. The fourth-order valence-corrected chi connectivity index (χ4v) is 14.5. The molecule has 0 saturated heterocycles. The van der Waals surface area contributed by atoms with Crippen LogP contribution in [0, 0.1) is 45.6 Å². The van der Waals surface area contributed by atoms with E-state index in [1.165, 1.54) is 6.07 Å². The standard InChI is InChI=1S/2C14H14Cl2O3.2C14H16O3.2C12H14O2.C10H14N2O2.2C7H10O3.C5H8O2.CH4/c2*15-14(16)11(8-12(14)17)6-7-13(18)19-9-10-4-2-1-3-5-10;2*15-13-8-12(9-13)6-7-14(16)17-10-11-4-2-1-3-5-11;2*1-2-3-9-12(13)14-10-11-7-5-4-6-8-11;1-10(2,3)7-4-5-8(11)9(6-7)12(13)14;2*8-6-3-5(4-6)1-2-7(9)10;1-2-3-4-5(6)7;/h2*1-5,11H,6-9H2;2*1-5,12H,6-10H2;2*2,4-8H,1,3,9-10H2;4-6H,11H2,1-3H3;2*5H,1-4H2,(H,9,10);2H,1,3-4H2,(H,6,7);1H4. The number of allylic oxidation sites excluding steroid dienone is 3. The molecule has 6 aliphatic carbocycles. The molecule has 0 heterocycles. The van der Waals surface area contributed by atoms with Crippen LogP contribution in [0.5, 0.6) is 0 Å². The van der Waals surface area contributed by atoms with Gasteiger partial charge in [0.25, 0.3) is 5.69 Å². The number of anilines is 1. The number of ketones is 6. The summed E-state index contributed by atoms with van der Waals surface area (Å²) in [6.45, 7) is 18.4. The lowest BCUT2D eigenvalue weighted by molar-refractivity contribution is -0.384. The Balaban J connectivity index is 0.000000409. The summed E-state index contributed by atoms with van der Waals surface area (Å²) < 4.78 is 28.0. The third-order valence-corrected chi connectivity index (χ3v) is 24.5. The van der Waals surface area contributed by atoms with Gasteiger partial charge in [0.2, 0.25) is 0 Å². The number of carboxylic acid groups (broad SMARTS) is 3. The Morgan fingerprint density at radius 1 is 0.359 bits per heavy atom. The van der Waals surface area contributed by atoms with Crippen molar-refractivity contribution in [2.24, 2.45) is 35.5 Å². The van der Waals surface area contributed by atoms with Crippen molar-refractivity contribution >= 4 is 146 Å². The minimum Gasteiger partial charge on any atom is -0.481 e. The van der Waals surface area contributed by atoms with Gasteiger partial charge in [0.1, 0.15) is 68.5 Å². The summed E-state index contributed by atoms with van der Waals surface area (Å²) >= 11 is 23.4. The van der Waals surface area contributed by atoms with Gasteiger partial charge in [-0.15, -0.1) is 19.7 Å². The van der Waals surface area contributed by atoms with Gasteiger partial charge in [0, 0.05) is 140 Å². The van der Waals surface area contributed by atoms with Gasteiger partial charge in [0.05, 0.1) is 4.92 Å². The molecule has 7 aromatic rings. The molecule has 2 unspecified atom stereocenters. The van der Waals surface area contributed by atoms with E-state index in [2.05, 4.69) is 19.7 Å². The number of carbonyl (C=O) groups is 15. The minimum absolute atomic E-state index is 0. The van der Waals surface area contributed by atoms with Crippen molar-refractivity contribution in [3.63, 3.8) is 0 Å². The summed E-state index contributed by atoms with van der Waals surface area (Å²) in [7, 11) is 0. The maximum Gasteiger partial charge on any atom is 0.306 e. The number of hydrogen-bond acceptors (Lipinski definition) is 24. The van der Waals surface area contributed by atoms with Gasteiger partial charge in [-0.3, -0.25) is 82.0 Å². The number of nitrogens with zero attached hydrogens (tertiary/aromatic N) is 1. The fraction of sp³-hybridized carbons (Fsp3) is 0.427. The van der Waals surface area contributed by atoms with E-state index in [9.17, 15) is 82.0 Å². The number of nitrogen functional groups attached to an aromatic ring is 1. The number of aliphatic carboxylic acids is 3. The molecule has 0 aliphatic heterocycles. The number of halogens is 4. The lowest BCUT2D eigenvalue weighted by Gasteiger charge is -2.37. The highest BCUT2D eigenvalue weighted by atomic mass is 35.5. The molecule has 2 atom stereocenters. The number of hydrogen-bond donors (Lipinski definition) is 4. The van der Waals surface area contributed by atoms with Gasteiger partial charge in [-0.05, 0) is 132 Å². The maximum atomic E-state index is 11.6. The molecule has 0 radical (unpaired) electrons. The lowest BCUT2D eigenvalue weighted by Crippen LogP contribution is -2.47. The zero-order chi connectivity index (χ0) is 104. The number of Topliss-reactive ketones (excluding diaryl/α,β-unsaturated/α-hetero) is 6. The van der Waals surface area contributed by atoms with Gasteiger partial charge < -0.3 is 49.5 Å². The summed E-state index contributed by atoms with van der Waals surface area (Å²) in [5.74, 6) is -1.49. The van der Waals surface area contributed by atoms with Crippen LogP contribution in [0.4, 0.5) is 11.4 Å². The SMILES string of the molecule is C.C=CCCC(=O)O.C=CCCC(=O)OCc1ccccc1.C=CCCC(=O)OCc1ccccc1.CC(C)(C)c1ccc(N)c([N+](=O)[O-])c1.O=C(CCC1CC(=O)C1(Cl)Cl)OCc1ccccc1.O=C(CCC1CC(=O)C1(Cl)Cl)OCc1ccccc1.O=C(O)CCC1CC(=O)C1.O=C(O)CCC1CC(=O)C1.O=C1CC(CCC(=O)OCc2ccccc2)C1.O=C1CC(CCC(=O)OCc2ccccc2)C1. The number of rotatable bonds is 40. The second-order valence-electron chi connectivity index (χ2n) is 35.2. The van der Waals surface area contributed by atoms with Crippen molar-refractivity contribution in [2.75, 3.05) is 5.73 Å². The minimum atomic E-state index is -1.31. The van der Waals surface area contributed by atoms with Crippen molar-refractivity contribution in [3.05, 3.63) is 287 Å². The van der Waals surface area contributed by atoms with Gasteiger partial charge in [-0.2, -0.15) is 0 Å². The predicted molar refractivity (Wildman–Crippen MR) is 543 cm³/mol. The normalized spacial score (nSPS) is 15.2. The largest absolute Gasteiger partial charge is 0.481 e. The zero-order valence-corrected chi connectivity index (χ0v) is 83.2. The van der Waals surface area contributed by atoms with E-state index in [0.717, 1.165) is 51.8 Å². The predicted octanol–water partition coefficient (Wildman–Crippen LogP) is 22.7. The molecular formula is C110H134Cl4N2O26. The number of carbonyl (C=O) groups excluding carboxylic acids is 12. The molecule has 5 N–H and O–H groups in total. The molecular weight excluding hydrogens is 1910 g/mol. The Kier molecular flexibility index (Phi) is 59.6. The second-order valence-corrected chi connectivity index (χ2v) is 38.0. The average molecular weight is 2040 g/mol. The molecule has 7 aromatic carbocycles. The van der Waals surface area contributed by atoms with Gasteiger partial charge in [-0.25, -0.2) is 0 Å². The Bertz CT molecular complexity index is 4850. The molecule has 28 nitrogen and oxygen atoms in total. The van der Waals surface area contributed by atoms with Crippen molar-refractivity contribution < 1.29 is 121 Å². The Hall–Kier alpha value is -12.6. The quantitative estimate of drug-likeness (QED) is 0.00527. The molecule has 13 rings (SSSR count). The molecule has 0 amide bonds. The lowest BCUT2D eigenvalue weighted by atomic mass is 9.79. The molecule has 142 heavy (non-hydrogen) atoms. The van der Waals surface area contributed by atoms with Gasteiger partial charge in [-0.1, -0.05) is 281 Å². The molecule has 6 aliphatic rings. The first kappa shape index (κ1) is 124. The highest BCUT2D eigenvalue weighted by Gasteiger charge is 2.53. The van der Waals surface area contributed by atoms with Crippen molar-refractivity contribution in [1.29, 1.82) is 0 Å². The van der Waals surface area contributed by atoms with Crippen molar-refractivity contribution in [3.8, 4) is 0 Å². The highest BCUT2D eigenvalue weighted by Crippen LogP contribution is 2.48. The third kappa shape index (κ3) is 53.8. The molecule has 6 saturated carbocycles.